The fourth-order valence-corrected chi connectivity index (χ4v) is 3.09. The maximum absolute atomic E-state index is 13.4. The third-order valence-electron chi connectivity index (χ3n) is 4.14. The molecule has 0 bridgehead atoms. The Morgan fingerprint density at radius 1 is 1.39 bits per heavy atom. The molecule has 4 nitrogen and oxygen atoms in total. The summed E-state index contributed by atoms with van der Waals surface area (Å²) in [5.41, 5.74) is 1.76. The molecule has 0 fully saturated rings. The number of rotatable bonds is 3. The molecule has 1 aliphatic carbocycles. The van der Waals surface area contributed by atoms with E-state index < -0.39 is 5.97 Å². The smallest absolute Gasteiger partial charge is 0.374 e. The Labute approximate surface area is 133 Å². The van der Waals surface area contributed by atoms with E-state index in [1.165, 1.54) is 12.1 Å². The number of ether oxygens (including phenoxy) is 1. The van der Waals surface area contributed by atoms with Crippen molar-refractivity contribution in [2.75, 3.05) is 6.61 Å². The first-order chi connectivity index (χ1) is 11.0. The topological polar surface area (TPSA) is 56.5 Å². The monoisotopic (exact) mass is 316 g/mol. The molecule has 5 heteroatoms. The molecule has 3 rings (SSSR count). The van der Waals surface area contributed by atoms with E-state index in [1.54, 1.807) is 26.0 Å². The zero-order valence-electron chi connectivity index (χ0n) is 13.0. The minimum Gasteiger partial charge on any atom is -0.460 e. The molecule has 1 aromatic carbocycles. The Balaban J connectivity index is 1.96. The van der Waals surface area contributed by atoms with Crippen molar-refractivity contribution < 1.29 is 23.1 Å². The van der Waals surface area contributed by atoms with Gasteiger partial charge in [-0.2, -0.15) is 0 Å². The van der Waals surface area contributed by atoms with Crippen LogP contribution < -0.4 is 0 Å². The van der Waals surface area contributed by atoms with Crippen LogP contribution >= 0.6 is 0 Å². The van der Waals surface area contributed by atoms with Crippen LogP contribution in [0.15, 0.2) is 28.7 Å². The Kier molecular flexibility index (Phi) is 4.03. The van der Waals surface area contributed by atoms with Crippen molar-refractivity contribution in [3.05, 3.63) is 58.3 Å². The lowest BCUT2D eigenvalue weighted by molar-refractivity contribution is 0.0486. The van der Waals surface area contributed by atoms with E-state index in [4.69, 9.17) is 9.15 Å². The van der Waals surface area contributed by atoms with Crippen molar-refractivity contribution >= 4 is 11.8 Å². The largest absolute Gasteiger partial charge is 0.460 e. The van der Waals surface area contributed by atoms with Crippen LogP contribution in [0.5, 0.6) is 0 Å². The lowest BCUT2D eigenvalue weighted by Crippen LogP contribution is -2.18. The predicted octanol–water partition coefficient (Wildman–Crippen LogP) is 3.82. The Hall–Kier alpha value is -2.43. The second-order valence-electron chi connectivity index (χ2n) is 5.66. The van der Waals surface area contributed by atoms with Gasteiger partial charge in [0.2, 0.25) is 5.76 Å². The van der Waals surface area contributed by atoms with Gasteiger partial charge in [-0.25, -0.2) is 9.18 Å². The summed E-state index contributed by atoms with van der Waals surface area (Å²) in [6.45, 7) is 3.64. The average molecular weight is 316 g/mol. The fraction of sp³-hybridized carbons (Fsp3) is 0.333. The van der Waals surface area contributed by atoms with Gasteiger partial charge in [0.05, 0.1) is 12.2 Å². The molecule has 0 saturated carbocycles. The maximum atomic E-state index is 13.4. The van der Waals surface area contributed by atoms with Crippen molar-refractivity contribution in [2.45, 2.75) is 32.6 Å². The van der Waals surface area contributed by atoms with Gasteiger partial charge in [0.25, 0.3) is 0 Å². The molecular weight excluding hydrogens is 299 g/mol. The van der Waals surface area contributed by atoms with Crippen LogP contribution in [0.2, 0.25) is 0 Å². The molecule has 1 aliphatic rings. The summed E-state index contributed by atoms with van der Waals surface area (Å²) in [5.74, 6) is -0.553. The van der Waals surface area contributed by atoms with E-state index in [0.717, 1.165) is 5.56 Å². The number of carbonyl (C=O) groups excluding carboxylic acids is 2. The third kappa shape index (κ3) is 2.79. The minimum absolute atomic E-state index is 0.0858. The number of ketones is 1. The summed E-state index contributed by atoms with van der Waals surface area (Å²) in [7, 11) is 0. The molecule has 0 aliphatic heterocycles. The first-order valence-electron chi connectivity index (χ1n) is 7.59. The molecule has 120 valence electrons. The van der Waals surface area contributed by atoms with Crippen molar-refractivity contribution in [1.29, 1.82) is 0 Å². The SMILES string of the molecule is CCOC(=O)c1oc2c(c1C)C(=O)CC(c1cccc(F)c1)C2. The molecule has 0 saturated heterocycles. The number of hydrogen-bond acceptors (Lipinski definition) is 4. The molecule has 23 heavy (non-hydrogen) atoms. The Morgan fingerprint density at radius 3 is 2.87 bits per heavy atom. The number of halogens is 1. The lowest BCUT2D eigenvalue weighted by Gasteiger charge is -2.21. The van der Waals surface area contributed by atoms with E-state index in [9.17, 15) is 14.0 Å². The molecule has 1 unspecified atom stereocenters. The molecule has 0 N–H and O–H groups in total. The van der Waals surface area contributed by atoms with Crippen molar-refractivity contribution in [3.8, 4) is 0 Å². The van der Waals surface area contributed by atoms with Gasteiger partial charge in [-0.05, 0) is 37.5 Å². The van der Waals surface area contributed by atoms with Gasteiger partial charge in [0, 0.05) is 18.4 Å². The highest BCUT2D eigenvalue weighted by atomic mass is 19.1. The summed E-state index contributed by atoms with van der Waals surface area (Å²) in [6.07, 6.45) is 0.740. The van der Waals surface area contributed by atoms with Crippen molar-refractivity contribution in [2.24, 2.45) is 0 Å². The number of hydrogen-bond donors (Lipinski definition) is 0. The van der Waals surface area contributed by atoms with Gasteiger partial charge in [-0.15, -0.1) is 0 Å². The fourth-order valence-electron chi connectivity index (χ4n) is 3.09. The van der Waals surface area contributed by atoms with Crippen LogP contribution in [0, 0.1) is 12.7 Å². The summed E-state index contributed by atoms with van der Waals surface area (Å²) in [5, 5.41) is 0. The number of Topliss-reactive ketones (excluding diaryl/α,β-unsaturated/α-hetero) is 1. The summed E-state index contributed by atoms with van der Waals surface area (Å²) >= 11 is 0. The van der Waals surface area contributed by atoms with E-state index in [1.807, 2.05) is 0 Å². The van der Waals surface area contributed by atoms with Crippen LogP contribution in [-0.4, -0.2) is 18.4 Å². The third-order valence-corrected chi connectivity index (χ3v) is 4.14. The molecule has 2 aromatic rings. The van der Waals surface area contributed by atoms with Crippen LogP contribution in [-0.2, 0) is 11.2 Å². The van der Waals surface area contributed by atoms with Crippen LogP contribution in [0.4, 0.5) is 4.39 Å². The zero-order valence-corrected chi connectivity index (χ0v) is 13.0. The minimum atomic E-state index is -0.561. The molecule has 1 aromatic heterocycles. The van der Waals surface area contributed by atoms with Gasteiger partial charge in [-0.3, -0.25) is 4.79 Å². The Morgan fingerprint density at radius 2 is 2.17 bits per heavy atom. The molecule has 0 spiro atoms. The van der Waals surface area contributed by atoms with Gasteiger partial charge in [-0.1, -0.05) is 12.1 Å². The summed E-state index contributed by atoms with van der Waals surface area (Å²) < 4.78 is 24.0. The molecule has 1 heterocycles. The second-order valence-corrected chi connectivity index (χ2v) is 5.66. The second kappa shape index (κ2) is 5.99. The van der Waals surface area contributed by atoms with Gasteiger partial charge in [0.1, 0.15) is 11.6 Å². The quantitative estimate of drug-likeness (QED) is 0.808. The van der Waals surface area contributed by atoms with E-state index in [0.29, 0.717) is 23.3 Å². The van der Waals surface area contributed by atoms with Gasteiger partial charge < -0.3 is 9.15 Å². The average Bonchev–Trinajstić information content (AvgIpc) is 2.85. The first kappa shape index (κ1) is 15.5. The van der Waals surface area contributed by atoms with Crippen LogP contribution in [0.25, 0.3) is 0 Å². The highest BCUT2D eigenvalue weighted by molar-refractivity contribution is 6.03. The Bertz CT molecular complexity index is 775. The number of furan rings is 1. The van der Waals surface area contributed by atoms with Crippen LogP contribution in [0.3, 0.4) is 0 Å². The number of carbonyl (C=O) groups is 2. The number of benzene rings is 1. The normalized spacial score (nSPS) is 17.0. The zero-order chi connectivity index (χ0) is 16.6. The standard InChI is InChI=1S/C18H17FO4/c1-3-22-18(21)17-10(2)16-14(20)8-12(9-15(16)23-17)11-5-4-6-13(19)7-11/h4-7,12H,3,8-9H2,1-2H3. The number of esters is 1. The van der Waals surface area contributed by atoms with Gasteiger partial charge in [0.15, 0.2) is 5.78 Å². The van der Waals surface area contributed by atoms with Crippen molar-refractivity contribution in [1.82, 2.24) is 0 Å². The molecule has 0 amide bonds. The number of fused-ring (bicyclic) bond motifs is 1. The molecule has 1 atom stereocenters. The van der Waals surface area contributed by atoms with E-state index >= 15 is 0 Å². The maximum Gasteiger partial charge on any atom is 0.374 e. The highest BCUT2D eigenvalue weighted by Crippen LogP contribution is 2.37. The summed E-state index contributed by atoms with van der Waals surface area (Å²) in [6, 6.07) is 6.23. The first-order valence-corrected chi connectivity index (χ1v) is 7.59. The van der Waals surface area contributed by atoms with E-state index in [-0.39, 0.29) is 36.3 Å². The van der Waals surface area contributed by atoms with E-state index in [2.05, 4.69) is 0 Å². The van der Waals surface area contributed by atoms with Crippen molar-refractivity contribution in [3.63, 3.8) is 0 Å². The van der Waals surface area contributed by atoms with Gasteiger partial charge >= 0.3 is 5.97 Å². The molecular formula is C18H17FO4. The van der Waals surface area contributed by atoms with Crippen LogP contribution in [0.1, 0.15) is 57.1 Å². The molecule has 0 radical (unpaired) electrons. The predicted molar refractivity (Wildman–Crippen MR) is 81.2 cm³/mol. The highest BCUT2D eigenvalue weighted by Gasteiger charge is 2.34. The summed E-state index contributed by atoms with van der Waals surface area (Å²) in [4.78, 5) is 24.4. The lowest BCUT2D eigenvalue weighted by atomic mass is 9.82.